The molecule has 0 saturated heterocycles. The molecule has 3 rings (SSSR count). The number of amides is 1. The van der Waals surface area contributed by atoms with Crippen molar-refractivity contribution in [3.63, 3.8) is 0 Å². The number of hydrogen-bond acceptors (Lipinski definition) is 6. The highest BCUT2D eigenvalue weighted by molar-refractivity contribution is 7.99. The zero-order valence-corrected chi connectivity index (χ0v) is 13.9. The third-order valence-electron chi connectivity index (χ3n) is 3.07. The molecule has 0 aliphatic heterocycles. The molecule has 22 heavy (non-hydrogen) atoms. The summed E-state index contributed by atoms with van der Waals surface area (Å²) in [5, 5.41) is 12.0. The second-order valence-electron chi connectivity index (χ2n) is 4.88. The molecule has 0 saturated carbocycles. The normalized spacial score (nSPS) is 12.8. The van der Waals surface area contributed by atoms with Crippen LogP contribution in [0.5, 0.6) is 0 Å². The van der Waals surface area contributed by atoms with E-state index in [4.69, 9.17) is 4.74 Å². The summed E-state index contributed by atoms with van der Waals surface area (Å²) in [5.41, 5.74) is 1.07. The van der Waals surface area contributed by atoms with E-state index in [0.717, 1.165) is 20.3 Å². The maximum absolute atomic E-state index is 11.9. The van der Waals surface area contributed by atoms with Gasteiger partial charge in [-0.25, -0.2) is 0 Å². The third kappa shape index (κ3) is 3.08. The molecule has 0 fully saturated rings. The summed E-state index contributed by atoms with van der Waals surface area (Å²) in [7, 11) is 1.62. The fourth-order valence-corrected chi connectivity index (χ4v) is 3.97. The molecule has 0 aliphatic carbocycles. The van der Waals surface area contributed by atoms with Crippen molar-refractivity contribution in [3.05, 3.63) is 24.3 Å². The van der Waals surface area contributed by atoms with Gasteiger partial charge in [0, 0.05) is 13.2 Å². The van der Waals surface area contributed by atoms with Gasteiger partial charge in [-0.05, 0) is 19.1 Å². The predicted octanol–water partition coefficient (Wildman–Crippen LogP) is 2.19. The number of rotatable bonds is 6. The average molecular weight is 336 g/mol. The lowest BCUT2D eigenvalue weighted by atomic mass is 10.3. The van der Waals surface area contributed by atoms with E-state index < -0.39 is 0 Å². The number of ether oxygens (including phenoxy) is 1. The predicted molar refractivity (Wildman–Crippen MR) is 88.6 cm³/mol. The molecular weight excluding hydrogens is 320 g/mol. The van der Waals surface area contributed by atoms with E-state index in [9.17, 15) is 4.79 Å². The molecule has 116 valence electrons. The number of thiazole rings is 1. The van der Waals surface area contributed by atoms with Crippen LogP contribution < -0.4 is 5.32 Å². The molecular formula is C14H16N4O2S2. The van der Waals surface area contributed by atoms with Crippen LogP contribution in [0.3, 0.4) is 0 Å². The first-order valence-corrected chi connectivity index (χ1v) is 8.63. The number of methoxy groups -OCH3 is 1. The smallest absolute Gasteiger partial charge is 0.230 e. The van der Waals surface area contributed by atoms with Crippen LogP contribution in [0.1, 0.15) is 6.92 Å². The maximum Gasteiger partial charge on any atom is 0.230 e. The van der Waals surface area contributed by atoms with Crippen molar-refractivity contribution in [3.8, 4) is 0 Å². The highest BCUT2D eigenvalue weighted by Crippen LogP contribution is 2.29. The van der Waals surface area contributed by atoms with Gasteiger partial charge in [0.2, 0.25) is 10.9 Å². The summed E-state index contributed by atoms with van der Waals surface area (Å²) in [4.78, 5) is 12.8. The summed E-state index contributed by atoms with van der Waals surface area (Å²) < 4.78 is 8.16. The van der Waals surface area contributed by atoms with E-state index >= 15 is 0 Å². The Morgan fingerprint density at radius 3 is 3.09 bits per heavy atom. The molecule has 1 unspecified atom stereocenters. The zero-order valence-electron chi connectivity index (χ0n) is 12.3. The van der Waals surface area contributed by atoms with Crippen LogP contribution >= 0.6 is 23.1 Å². The van der Waals surface area contributed by atoms with Crippen molar-refractivity contribution < 1.29 is 9.53 Å². The van der Waals surface area contributed by atoms with Crippen molar-refractivity contribution in [1.29, 1.82) is 0 Å². The molecule has 0 bridgehead atoms. The fourth-order valence-electron chi connectivity index (χ4n) is 2.19. The van der Waals surface area contributed by atoms with Crippen molar-refractivity contribution in [2.45, 2.75) is 18.1 Å². The molecule has 6 nitrogen and oxygen atoms in total. The van der Waals surface area contributed by atoms with Gasteiger partial charge in [0.25, 0.3) is 0 Å². The Bertz CT molecular complexity index is 798. The standard InChI is InChI=1S/C14H16N4O2S2/c1-9(7-20-2)15-12(19)8-21-13-16-17-14-18(13)10-5-3-4-6-11(10)22-14/h3-6,9H,7-8H2,1-2H3,(H,15,19). The number of para-hydroxylation sites is 1. The first-order chi connectivity index (χ1) is 10.7. The van der Waals surface area contributed by atoms with Crippen molar-refractivity contribution in [2.24, 2.45) is 0 Å². The number of carbonyl (C=O) groups is 1. The average Bonchev–Trinajstić information content (AvgIpc) is 3.04. The topological polar surface area (TPSA) is 68.5 Å². The second-order valence-corrected chi connectivity index (χ2v) is 6.83. The van der Waals surface area contributed by atoms with Crippen LogP contribution in [0.2, 0.25) is 0 Å². The summed E-state index contributed by atoms with van der Waals surface area (Å²) in [6.45, 7) is 2.41. The quantitative estimate of drug-likeness (QED) is 0.699. The number of nitrogens with one attached hydrogen (secondary N) is 1. The number of hydrogen-bond donors (Lipinski definition) is 1. The van der Waals surface area contributed by atoms with Gasteiger partial charge in [-0.15, -0.1) is 10.2 Å². The van der Waals surface area contributed by atoms with Gasteiger partial charge in [0.05, 0.1) is 22.6 Å². The second kappa shape index (κ2) is 6.64. The van der Waals surface area contributed by atoms with E-state index in [0.29, 0.717) is 12.4 Å². The van der Waals surface area contributed by atoms with Crippen LogP contribution in [-0.4, -0.2) is 46.0 Å². The molecule has 3 aromatic rings. The Hall–Kier alpha value is -1.64. The van der Waals surface area contributed by atoms with Crippen LogP contribution in [0.25, 0.3) is 15.2 Å². The lowest BCUT2D eigenvalue weighted by Gasteiger charge is -2.11. The Balaban J connectivity index is 1.73. The lowest BCUT2D eigenvalue weighted by Crippen LogP contribution is -2.36. The molecule has 0 radical (unpaired) electrons. The van der Waals surface area contributed by atoms with E-state index in [-0.39, 0.29) is 11.9 Å². The van der Waals surface area contributed by atoms with E-state index in [2.05, 4.69) is 21.6 Å². The van der Waals surface area contributed by atoms with Crippen molar-refractivity contribution in [2.75, 3.05) is 19.5 Å². The van der Waals surface area contributed by atoms with Gasteiger partial charge in [-0.2, -0.15) is 0 Å². The molecule has 0 aliphatic rings. The van der Waals surface area contributed by atoms with E-state index in [1.165, 1.54) is 11.8 Å². The number of thioether (sulfide) groups is 1. The summed E-state index contributed by atoms with van der Waals surface area (Å²) in [6.07, 6.45) is 0. The minimum atomic E-state index is -0.0363. The lowest BCUT2D eigenvalue weighted by molar-refractivity contribution is -0.119. The molecule has 2 aromatic heterocycles. The van der Waals surface area contributed by atoms with Gasteiger partial charge >= 0.3 is 0 Å². The van der Waals surface area contributed by atoms with E-state index in [1.807, 2.05) is 29.5 Å². The molecule has 8 heteroatoms. The molecule has 1 N–H and O–H groups in total. The van der Waals surface area contributed by atoms with Crippen LogP contribution in [0.15, 0.2) is 29.4 Å². The first-order valence-electron chi connectivity index (χ1n) is 6.83. The largest absolute Gasteiger partial charge is 0.383 e. The van der Waals surface area contributed by atoms with Crippen molar-refractivity contribution >= 4 is 44.2 Å². The Labute approximate surface area is 135 Å². The zero-order chi connectivity index (χ0) is 15.5. The SMILES string of the molecule is COCC(C)NC(=O)CSc1nnc2sc3ccccc3n12. The Morgan fingerprint density at radius 2 is 2.27 bits per heavy atom. The van der Waals surface area contributed by atoms with E-state index in [1.54, 1.807) is 18.4 Å². The number of nitrogens with zero attached hydrogens (tertiary/aromatic N) is 3. The first kappa shape index (κ1) is 15.3. The summed E-state index contributed by atoms with van der Waals surface area (Å²) >= 11 is 2.98. The minimum Gasteiger partial charge on any atom is -0.383 e. The van der Waals surface area contributed by atoms with Crippen LogP contribution in [0.4, 0.5) is 0 Å². The van der Waals surface area contributed by atoms with Gasteiger partial charge in [-0.1, -0.05) is 35.2 Å². The number of benzene rings is 1. The van der Waals surface area contributed by atoms with Crippen LogP contribution in [-0.2, 0) is 9.53 Å². The highest BCUT2D eigenvalue weighted by atomic mass is 32.2. The minimum absolute atomic E-state index is 0.00139. The molecule has 1 amide bonds. The summed E-state index contributed by atoms with van der Waals surface area (Å²) in [5.74, 6) is 0.268. The number of aromatic nitrogens is 3. The fraction of sp³-hybridized carbons (Fsp3) is 0.357. The van der Waals surface area contributed by atoms with Crippen molar-refractivity contribution in [1.82, 2.24) is 19.9 Å². The maximum atomic E-state index is 11.9. The van der Waals surface area contributed by atoms with Crippen LogP contribution in [0, 0.1) is 0 Å². The number of carbonyl (C=O) groups excluding carboxylic acids is 1. The van der Waals surface area contributed by atoms with Gasteiger partial charge in [0.1, 0.15) is 0 Å². The van der Waals surface area contributed by atoms with Gasteiger partial charge < -0.3 is 10.1 Å². The molecule has 1 atom stereocenters. The molecule has 1 aromatic carbocycles. The monoisotopic (exact) mass is 336 g/mol. The number of fused-ring (bicyclic) bond motifs is 3. The highest BCUT2D eigenvalue weighted by Gasteiger charge is 2.14. The summed E-state index contributed by atoms with van der Waals surface area (Å²) in [6, 6.07) is 8.08. The third-order valence-corrected chi connectivity index (χ3v) is 5.01. The Morgan fingerprint density at radius 1 is 1.45 bits per heavy atom. The Kier molecular flexibility index (Phi) is 4.60. The van der Waals surface area contributed by atoms with Gasteiger partial charge in [-0.3, -0.25) is 9.20 Å². The van der Waals surface area contributed by atoms with Gasteiger partial charge in [0.15, 0.2) is 5.16 Å². The molecule has 0 spiro atoms. The molecule has 2 heterocycles.